The van der Waals surface area contributed by atoms with Gasteiger partial charge in [0.25, 0.3) is 0 Å². The molecule has 2 rings (SSSR count). The van der Waals surface area contributed by atoms with Crippen LogP contribution in [-0.4, -0.2) is 41.0 Å². The number of nitrogens with one attached hydrogen (secondary N) is 1. The number of hydrogen-bond acceptors (Lipinski definition) is 4. The van der Waals surface area contributed by atoms with Crippen LogP contribution in [0.2, 0.25) is 0 Å². The number of ether oxygens (including phenoxy) is 1. The van der Waals surface area contributed by atoms with Crippen molar-refractivity contribution in [2.24, 2.45) is 0 Å². The minimum atomic E-state index is 0.0196. The zero-order valence-corrected chi connectivity index (χ0v) is 16.0. The normalized spacial score (nSPS) is 11.0. The first-order valence-corrected chi connectivity index (χ1v) is 9.71. The van der Waals surface area contributed by atoms with Gasteiger partial charge in [-0.05, 0) is 37.0 Å². The molecule has 0 atom stereocenters. The van der Waals surface area contributed by atoms with E-state index in [2.05, 4.69) is 48.4 Å². The monoisotopic (exact) mass is 361 g/mol. The summed E-state index contributed by atoms with van der Waals surface area (Å²) in [5.74, 6) is 0.888. The SMILES string of the molecule is CCOCCCNC(=O)CSc1nccn1-c1ccc(C(C)C)cc1. The quantitative estimate of drug-likeness (QED) is 0.519. The van der Waals surface area contributed by atoms with Gasteiger partial charge >= 0.3 is 0 Å². The Morgan fingerprint density at radius 3 is 2.76 bits per heavy atom. The topological polar surface area (TPSA) is 56.1 Å². The van der Waals surface area contributed by atoms with Gasteiger partial charge in [0.1, 0.15) is 0 Å². The van der Waals surface area contributed by atoms with Gasteiger partial charge in [-0.25, -0.2) is 4.98 Å². The molecule has 0 saturated carbocycles. The lowest BCUT2D eigenvalue weighted by Crippen LogP contribution is -2.27. The number of amides is 1. The van der Waals surface area contributed by atoms with Gasteiger partial charge < -0.3 is 10.1 Å². The van der Waals surface area contributed by atoms with Crippen LogP contribution in [-0.2, 0) is 9.53 Å². The van der Waals surface area contributed by atoms with Crippen molar-refractivity contribution in [3.63, 3.8) is 0 Å². The van der Waals surface area contributed by atoms with Crippen molar-refractivity contribution in [1.29, 1.82) is 0 Å². The summed E-state index contributed by atoms with van der Waals surface area (Å²) >= 11 is 1.44. The number of carbonyl (C=O) groups excluding carboxylic acids is 1. The Hall–Kier alpha value is -1.79. The molecule has 1 amide bonds. The smallest absolute Gasteiger partial charge is 0.230 e. The minimum Gasteiger partial charge on any atom is -0.382 e. The van der Waals surface area contributed by atoms with E-state index in [1.807, 2.05) is 17.7 Å². The van der Waals surface area contributed by atoms with Crippen molar-refractivity contribution >= 4 is 17.7 Å². The molecule has 0 radical (unpaired) electrons. The average Bonchev–Trinajstić information content (AvgIpc) is 3.08. The third-order valence-electron chi connectivity index (χ3n) is 3.77. The van der Waals surface area contributed by atoms with E-state index < -0.39 is 0 Å². The molecule has 0 saturated heterocycles. The molecule has 0 aliphatic heterocycles. The Labute approximate surface area is 154 Å². The third kappa shape index (κ3) is 6.21. The van der Waals surface area contributed by atoms with E-state index in [4.69, 9.17) is 4.74 Å². The van der Waals surface area contributed by atoms with Crippen LogP contribution in [0.3, 0.4) is 0 Å². The Morgan fingerprint density at radius 1 is 1.32 bits per heavy atom. The summed E-state index contributed by atoms with van der Waals surface area (Å²) in [4.78, 5) is 16.3. The summed E-state index contributed by atoms with van der Waals surface area (Å²) in [5.41, 5.74) is 2.37. The maximum atomic E-state index is 11.9. The molecule has 0 unspecified atom stereocenters. The van der Waals surface area contributed by atoms with Crippen LogP contribution < -0.4 is 5.32 Å². The first-order chi connectivity index (χ1) is 12.1. The van der Waals surface area contributed by atoms with Crippen LogP contribution in [0.1, 0.15) is 38.7 Å². The number of hydrogen-bond donors (Lipinski definition) is 1. The van der Waals surface area contributed by atoms with Crippen LogP contribution >= 0.6 is 11.8 Å². The molecule has 0 fully saturated rings. The second-order valence-corrected chi connectivity index (χ2v) is 6.96. The predicted molar refractivity (Wildman–Crippen MR) is 102 cm³/mol. The van der Waals surface area contributed by atoms with E-state index in [-0.39, 0.29) is 5.91 Å². The molecule has 1 N–H and O–H groups in total. The fraction of sp³-hybridized carbons (Fsp3) is 0.474. The molecule has 0 spiro atoms. The van der Waals surface area contributed by atoms with Gasteiger partial charge in [0.15, 0.2) is 5.16 Å². The van der Waals surface area contributed by atoms with Gasteiger partial charge in [-0.15, -0.1) is 0 Å². The van der Waals surface area contributed by atoms with Crippen molar-refractivity contribution in [3.8, 4) is 5.69 Å². The highest BCUT2D eigenvalue weighted by atomic mass is 32.2. The second kappa shape index (κ2) is 10.3. The van der Waals surface area contributed by atoms with E-state index in [1.165, 1.54) is 17.3 Å². The average molecular weight is 362 g/mol. The lowest BCUT2D eigenvalue weighted by molar-refractivity contribution is -0.118. The van der Waals surface area contributed by atoms with Crippen LogP contribution in [0.4, 0.5) is 0 Å². The fourth-order valence-electron chi connectivity index (χ4n) is 2.34. The number of thioether (sulfide) groups is 1. The molecule has 0 bridgehead atoms. The van der Waals surface area contributed by atoms with Gasteiger partial charge in [-0.1, -0.05) is 37.7 Å². The Balaban J connectivity index is 1.86. The molecule has 6 heteroatoms. The van der Waals surface area contributed by atoms with Crippen molar-refractivity contribution in [2.75, 3.05) is 25.5 Å². The van der Waals surface area contributed by atoms with Crippen LogP contribution in [0, 0.1) is 0 Å². The summed E-state index contributed by atoms with van der Waals surface area (Å²) in [7, 11) is 0. The van der Waals surface area contributed by atoms with Gasteiger partial charge in [0.2, 0.25) is 5.91 Å². The highest BCUT2D eigenvalue weighted by Crippen LogP contribution is 2.22. The van der Waals surface area contributed by atoms with Crippen molar-refractivity contribution in [2.45, 2.75) is 38.3 Å². The number of rotatable bonds is 10. The molecule has 136 valence electrons. The van der Waals surface area contributed by atoms with Crippen molar-refractivity contribution in [3.05, 3.63) is 42.2 Å². The largest absolute Gasteiger partial charge is 0.382 e. The van der Waals surface area contributed by atoms with E-state index in [0.717, 1.165) is 17.3 Å². The van der Waals surface area contributed by atoms with Gasteiger partial charge in [-0.2, -0.15) is 0 Å². The molecule has 1 aromatic heterocycles. The lowest BCUT2D eigenvalue weighted by atomic mass is 10.0. The molecule has 2 aromatic rings. The number of nitrogens with zero attached hydrogens (tertiary/aromatic N) is 2. The van der Waals surface area contributed by atoms with Gasteiger partial charge in [-0.3, -0.25) is 9.36 Å². The molecular weight excluding hydrogens is 334 g/mol. The highest BCUT2D eigenvalue weighted by Gasteiger charge is 2.09. The van der Waals surface area contributed by atoms with E-state index >= 15 is 0 Å². The molecule has 0 aliphatic rings. The maximum Gasteiger partial charge on any atom is 0.230 e. The first-order valence-electron chi connectivity index (χ1n) is 8.72. The standard InChI is InChI=1S/C19H27N3O2S/c1-4-24-13-5-10-20-18(23)14-25-19-21-11-12-22(19)17-8-6-16(7-9-17)15(2)3/h6-9,11-12,15H,4-5,10,13-14H2,1-3H3,(H,20,23). The van der Waals surface area contributed by atoms with E-state index in [9.17, 15) is 4.79 Å². The highest BCUT2D eigenvalue weighted by molar-refractivity contribution is 7.99. The van der Waals surface area contributed by atoms with Crippen molar-refractivity contribution < 1.29 is 9.53 Å². The molecule has 0 aliphatic carbocycles. The lowest BCUT2D eigenvalue weighted by Gasteiger charge is -2.10. The number of imidazole rings is 1. The number of benzene rings is 1. The minimum absolute atomic E-state index is 0.0196. The first kappa shape index (κ1) is 19.5. The number of aromatic nitrogens is 2. The van der Waals surface area contributed by atoms with E-state index in [1.54, 1.807) is 6.20 Å². The molecule has 5 nitrogen and oxygen atoms in total. The molecule has 1 heterocycles. The Morgan fingerprint density at radius 2 is 2.08 bits per heavy atom. The van der Waals surface area contributed by atoms with Crippen LogP contribution in [0.5, 0.6) is 0 Å². The fourth-order valence-corrected chi connectivity index (χ4v) is 3.14. The summed E-state index contributed by atoms with van der Waals surface area (Å²) in [6.45, 7) is 8.37. The van der Waals surface area contributed by atoms with Crippen molar-refractivity contribution in [1.82, 2.24) is 14.9 Å². The zero-order chi connectivity index (χ0) is 18.1. The van der Waals surface area contributed by atoms with Gasteiger partial charge in [0.05, 0.1) is 5.75 Å². The summed E-state index contributed by atoms with van der Waals surface area (Å²) < 4.78 is 7.26. The Kier molecular flexibility index (Phi) is 8.01. The van der Waals surface area contributed by atoms with Crippen LogP contribution in [0.15, 0.2) is 41.8 Å². The zero-order valence-electron chi connectivity index (χ0n) is 15.2. The molecular formula is C19H27N3O2S. The van der Waals surface area contributed by atoms with Gasteiger partial charge in [0, 0.05) is 37.8 Å². The maximum absolute atomic E-state index is 11.9. The van der Waals surface area contributed by atoms with E-state index in [0.29, 0.717) is 31.4 Å². The third-order valence-corrected chi connectivity index (χ3v) is 4.74. The summed E-state index contributed by atoms with van der Waals surface area (Å²) in [6.07, 6.45) is 4.52. The predicted octanol–water partition coefficient (Wildman–Crippen LogP) is 3.63. The number of carbonyl (C=O) groups is 1. The van der Waals surface area contributed by atoms with Crippen LogP contribution in [0.25, 0.3) is 5.69 Å². The summed E-state index contributed by atoms with van der Waals surface area (Å²) in [5, 5.41) is 3.73. The summed E-state index contributed by atoms with van der Waals surface area (Å²) in [6, 6.07) is 8.46. The molecule has 25 heavy (non-hydrogen) atoms. The Bertz CT molecular complexity index is 653. The molecule has 1 aromatic carbocycles. The second-order valence-electron chi connectivity index (χ2n) is 6.02.